The van der Waals surface area contributed by atoms with E-state index in [0.717, 1.165) is 13.1 Å². The monoisotopic (exact) mass is 268 g/mol. The number of aromatic nitrogens is 1. The van der Waals surface area contributed by atoms with Gasteiger partial charge in [-0.2, -0.15) is 11.3 Å². The number of nitrogens with one attached hydrogen (secondary N) is 1. The number of hydrogen-bond donors (Lipinski definition) is 1. The Hall–Kier alpha value is -1.71. The molecule has 2 aromatic heterocycles. The number of fused-ring (bicyclic) bond motifs is 1. The first-order valence-corrected chi connectivity index (χ1v) is 7.33. The zero-order chi connectivity index (χ0) is 13.1. The topological polar surface area (TPSA) is 24.9 Å². The van der Waals surface area contributed by atoms with Gasteiger partial charge in [0, 0.05) is 30.9 Å². The molecule has 0 radical (unpaired) electrons. The van der Waals surface area contributed by atoms with Crippen molar-refractivity contribution in [3.8, 4) is 0 Å². The van der Waals surface area contributed by atoms with Crippen LogP contribution in [0.25, 0.3) is 10.8 Å². The molecule has 0 spiro atoms. The van der Waals surface area contributed by atoms with E-state index < -0.39 is 0 Å². The second kappa shape index (κ2) is 5.51. The first kappa shape index (κ1) is 12.3. The predicted octanol–water partition coefficient (Wildman–Crippen LogP) is 3.89. The van der Waals surface area contributed by atoms with Crippen LogP contribution >= 0.6 is 11.3 Å². The van der Waals surface area contributed by atoms with E-state index in [-0.39, 0.29) is 0 Å². The van der Waals surface area contributed by atoms with E-state index in [1.165, 1.54) is 27.5 Å². The third-order valence-corrected chi connectivity index (χ3v) is 4.25. The molecular formula is C16H16N2S. The summed E-state index contributed by atoms with van der Waals surface area (Å²) < 4.78 is 0. The maximum atomic E-state index is 4.31. The summed E-state index contributed by atoms with van der Waals surface area (Å²) in [6.07, 6.45) is 3.87. The summed E-state index contributed by atoms with van der Waals surface area (Å²) >= 11 is 1.76. The summed E-state index contributed by atoms with van der Waals surface area (Å²) in [6.45, 7) is 3.93. The zero-order valence-corrected chi connectivity index (χ0v) is 11.7. The van der Waals surface area contributed by atoms with E-state index in [4.69, 9.17) is 0 Å². The van der Waals surface area contributed by atoms with Crippen molar-refractivity contribution in [3.05, 3.63) is 64.1 Å². The van der Waals surface area contributed by atoms with Gasteiger partial charge >= 0.3 is 0 Å². The highest BCUT2D eigenvalue weighted by Crippen LogP contribution is 2.17. The molecule has 0 atom stereocenters. The number of rotatable bonds is 4. The van der Waals surface area contributed by atoms with Crippen LogP contribution in [0.4, 0.5) is 0 Å². The molecule has 0 fully saturated rings. The Bertz CT molecular complexity index is 683. The summed E-state index contributed by atoms with van der Waals surface area (Å²) in [7, 11) is 0. The van der Waals surface area contributed by atoms with E-state index in [2.05, 4.69) is 52.3 Å². The van der Waals surface area contributed by atoms with Gasteiger partial charge in [0.2, 0.25) is 0 Å². The third-order valence-electron chi connectivity index (χ3n) is 3.34. The number of pyridine rings is 1. The Morgan fingerprint density at radius 3 is 2.74 bits per heavy atom. The van der Waals surface area contributed by atoms with Gasteiger partial charge in [-0.15, -0.1) is 0 Å². The van der Waals surface area contributed by atoms with Crippen LogP contribution in [-0.2, 0) is 13.1 Å². The van der Waals surface area contributed by atoms with Gasteiger partial charge in [0.25, 0.3) is 0 Å². The highest BCUT2D eigenvalue weighted by molar-refractivity contribution is 7.08. The Balaban J connectivity index is 1.74. The molecule has 0 amide bonds. The number of aryl methyl sites for hydroxylation is 1. The van der Waals surface area contributed by atoms with Gasteiger partial charge < -0.3 is 5.32 Å². The van der Waals surface area contributed by atoms with Crippen molar-refractivity contribution in [1.82, 2.24) is 10.3 Å². The number of benzene rings is 1. The van der Waals surface area contributed by atoms with Crippen molar-refractivity contribution in [2.75, 3.05) is 0 Å². The van der Waals surface area contributed by atoms with Crippen LogP contribution < -0.4 is 5.32 Å². The molecule has 0 saturated heterocycles. The molecule has 0 aliphatic heterocycles. The van der Waals surface area contributed by atoms with Crippen LogP contribution in [0.2, 0.25) is 0 Å². The van der Waals surface area contributed by atoms with Crippen LogP contribution in [0.15, 0.2) is 47.4 Å². The Labute approximate surface area is 117 Å². The normalized spacial score (nSPS) is 11.0. The minimum Gasteiger partial charge on any atom is -0.308 e. The second-order valence-electron chi connectivity index (χ2n) is 4.70. The Morgan fingerprint density at radius 1 is 1.05 bits per heavy atom. The molecule has 0 unspecified atom stereocenters. The average Bonchev–Trinajstić information content (AvgIpc) is 2.85. The molecule has 96 valence electrons. The number of nitrogens with zero attached hydrogens (tertiary/aromatic N) is 1. The van der Waals surface area contributed by atoms with Crippen LogP contribution in [0.3, 0.4) is 0 Å². The SMILES string of the molecule is Cc1cscc1CNCc1cncc2ccccc12. The lowest BCUT2D eigenvalue weighted by Crippen LogP contribution is -2.13. The van der Waals surface area contributed by atoms with Crippen LogP contribution in [0, 0.1) is 6.92 Å². The fourth-order valence-corrected chi connectivity index (χ4v) is 3.08. The van der Waals surface area contributed by atoms with Crippen molar-refractivity contribution in [2.24, 2.45) is 0 Å². The van der Waals surface area contributed by atoms with Crippen molar-refractivity contribution >= 4 is 22.1 Å². The molecule has 2 nitrogen and oxygen atoms in total. The van der Waals surface area contributed by atoms with Gasteiger partial charge in [-0.25, -0.2) is 0 Å². The maximum absolute atomic E-state index is 4.31. The van der Waals surface area contributed by atoms with E-state index in [9.17, 15) is 0 Å². The highest BCUT2D eigenvalue weighted by Gasteiger charge is 2.02. The fraction of sp³-hybridized carbons (Fsp3) is 0.188. The second-order valence-corrected chi connectivity index (χ2v) is 5.45. The summed E-state index contributed by atoms with van der Waals surface area (Å²) in [5, 5.41) is 10.4. The van der Waals surface area contributed by atoms with Gasteiger partial charge in [0.05, 0.1) is 0 Å². The maximum Gasteiger partial charge on any atom is 0.0346 e. The molecule has 0 saturated carbocycles. The van der Waals surface area contributed by atoms with Crippen molar-refractivity contribution < 1.29 is 0 Å². The van der Waals surface area contributed by atoms with E-state index in [0.29, 0.717) is 0 Å². The van der Waals surface area contributed by atoms with Gasteiger partial charge in [-0.3, -0.25) is 4.98 Å². The van der Waals surface area contributed by atoms with Gasteiger partial charge in [0.1, 0.15) is 0 Å². The van der Waals surface area contributed by atoms with Gasteiger partial charge in [0.15, 0.2) is 0 Å². The minimum absolute atomic E-state index is 0.851. The Kier molecular flexibility index (Phi) is 3.58. The molecule has 3 heteroatoms. The smallest absolute Gasteiger partial charge is 0.0346 e. The molecule has 1 N–H and O–H groups in total. The lowest BCUT2D eigenvalue weighted by Gasteiger charge is -2.07. The summed E-state index contributed by atoms with van der Waals surface area (Å²) in [6, 6.07) is 8.39. The van der Waals surface area contributed by atoms with E-state index in [1.54, 1.807) is 11.3 Å². The van der Waals surface area contributed by atoms with Crippen molar-refractivity contribution in [1.29, 1.82) is 0 Å². The average molecular weight is 268 g/mol. The molecule has 2 heterocycles. The molecule has 1 aromatic carbocycles. The molecule has 0 bridgehead atoms. The summed E-state index contributed by atoms with van der Waals surface area (Å²) in [4.78, 5) is 4.31. The molecule has 3 rings (SSSR count). The third kappa shape index (κ3) is 2.67. The largest absolute Gasteiger partial charge is 0.308 e. The molecule has 19 heavy (non-hydrogen) atoms. The molecule has 0 aliphatic carbocycles. The molecule has 3 aromatic rings. The van der Waals surface area contributed by atoms with Crippen molar-refractivity contribution in [3.63, 3.8) is 0 Å². The fourth-order valence-electron chi connectivity index (χ4n) is 2.22. The summed E-state index contributed by atoms with van der Waals surface area (Å²) in [5.74, 6) is 0. The first-order chi connectivity index (χ1) is 9.34. The number of hydrogen-bond acceptors (Lipinski definition) is 3. The van der Waals surface area contributed by atoms with E-state index >= 15 is 0 Å². The lowest BCUT2D eigenvalue weighted by molar-refractivity contribution is 0.694. The first-order valence-electron chi connectivity index (χ1n) is 6.38. The highest BCUT2D eigenvalue weighted by atomic mass is 32.1. The molecular weight excluding hydrogens is 252 g/mol. The molecule has 0 aliphatic rings. The zero-order valence-electron chi connectivity index (χ0n) is 10.9. The minimum atomic E-state index is 0.851. The van der Waals surface area contributed by atoms with E-state index in [1.807, 2.05) is 12.4 Å². The summed E-state index contributed by atoms with van der Waals surface area (Å²) in [5.41, 5.74) is 4.01. The van der Waals surface area contributed by atoms with Crippen LogP contribution in [0.1, 0.15) is 16.7 Å². The Morgan fingerprint density at radius 2 is 1.89 bits per heavy atom. The van der Waals surface area contributed by atoms with Gasteiger partial charge in [-0.05, 0) is 39.8 Å². The number of thiophene rings is 1. The van der Waals surface area contributed by atoms with Crippen molar-refractivity contribution in [2.45, 2.75) is 20.0 Å². The van der Waals surface area contributed by atoms with Crippen LogP contribution in [-0.4, -0.2) is 4.98 Å². The lowest BCUT2D eigenvalue weighted by atomic mass is 10.1. The standard InChI is InChI=1S/C16H16N2S/c1-12-10-19-11-15(12)9-18-8-14-7-17-6-13-4-2-3-5-16(13)14/h2-7,10-11,18H,8-9H2,1H3. The van der Waals surface area contributed by atoms with Crippen LogP contribution in [0.5, 0.6) is 0 Å². The quantitative estimate of drug-likeness (QED) is 0.776. The predicted molar refractivity (Wildman–Crippen MR) is 81.3 cm³/mol. The van der Waals surface area contributed by atoms with Gasteiger partial charge in [-0.1, -0.05) is 24.3 Å².